The molecule has 0 radical (unpaired) electrons. The number of carboxylic acids is 1. The van der Waals surface area contributed by atoms with Crippen LogP contribution in [0.15, 0.2) is 36.7 Å². The molecule has 0 saturated heterocycles. The number of benzene rings is 1. The smallest absolute Gasteiger partial charge is 0.433 e. The summed E-state index contributed by atoms with van der Waals surface area (Å²) in [5, 5.41) is 16.2. The number of aryl methyl sites for hydroxylation is 1. The van der Waals surface area contributed by atoms with E-state index in [0.717, 1.165) is 13.1 Å². The summed E-state index contributed by atoms with van der Waals surface area (Å²) in [5.41, 5.74) is 6.07. The Bertz CT molecular complexity index is 1710. The number of carbonyl (C=O) groups is 2. The van der Waals surface area contributed by atoms with E-state index in [1.807, 2.05) is 18.2 Å². The van der Waals surface area contributed by atoms with E-state index in [2.05, 4.69) is 15.4 Å². The third-order valence-corrected chi connectivity index (χ3v) is 8.27. The molecule has 1 saturated carbocycles. The van der Waals surface area contributed by atoms with Gasteiger partial charge in [-0.3, -0.25) is 18.7 Å². The molecule has 1 aliphatic rings. The molecule has 43 heavy (non-hydrogen) atoms. The third-order valence-electron chi connectivity index (χ3n) is 8.27. The lowest BCUT2D eigenvalue weighted by molar-refractivity contribution is -0.151. The van der Waals surface area contributed by atoms with E-state index >= 15 is 0 Å². The van der Waals surface area contributed by atoms with E-state index in [-0.39, 0.29) is 35.6 Å². The monoisotopic (exact) mass is 599 g/mol. The minimum absolute atomic E-state index is 0.0678. The van der Waals surface area contributed by atoms with Crippen molar-refractivity contribution in [1.82, 2.24) is 24.1 Å². The Labute approximate surface area is 244 Å². The highest BCUT2D eigenvalue weighted by Gasteiger charge is 2.49. The highest BCUT2D eigenvalue weighted by molar-refractivity contribution is 6.04. The van der Waals surface area contributed by atoms with Gasteiger partial charge in [-0.1, -0.05) is 13.8 Å². The van der Waals surface area contributed by atoms with Crippen LogP contribution in [0, 0.1) is 11.3 Å². The predicted molar refractivity (Wildman–Crippen MR) is 152 cm³/mol. The minimum Gasteiger partial charge on any atom is -0.493 e. The fraction of sp³-hybridized carbons (Fsp3) is 0.414. The van der Waals surface area contributed by atoms with E-state index < -0.39 is 29.2 Å². The second-order valence-electron chi connectivity index (χ2n) is 11.0. The van der Waals surface area contributed by atoms with E-state index in [0.29, 0.717) is 52.3 Å². The van der Waals surface area contributed by atoms with Gasteiger partial charge >= 0.3 is 12.1 Å². The van der Waals surface area contributed by atoms with E-state index in [9.17, 15) is 27.9 Å². The number of imidazole rings is 1. The van der Waals surface area contributed by atoms with Crippen LogP contribution in [0.25, 0.3) is 16.8 Å². The molecule has 0 bridgehead atoms. The molecule has 14 heteroatoms. The molecule has 3 heterocycles. The first-order valence-corrected chi connectivity index (χ1v) is 13.8. The molecule has 0 unspecified atom stereocenters. The Hall–Kier alpha value is -4.62. The highest BCUT2D eigenvalue weighted by atomic mass is 19.4. The van der Waals surface area contributed by atoms with Crippen molar-refractivity contribution in [1.29, 1.82) is 0 Å². The van der Waals surface area contributed by atoms with Crippen LogP contribution in [-0.2, 0) is 18.0 Å². The number of ether oxygens (including phenoxy) is 1. The van der Waals surface area contributed by atoms with Crippen molar-refractivity contribution >= 4 is 29.0 Å². The minimum atomic E-state index is -4.63. The second kappa shape index (κ2) is 10.9. The summed E-state index contributed by atoms with van der Waals surface area (Å²) < 4.78 is 47.9. The molecule has 0 spiro atoms. The zero-order valence-corrected chi connectivity index (χ0v) is 24.1. The number of nitrogens with zero attached hydrogens (tertiary/aromatic N) is 5. The Balaban J connectivity index is 1.53. The molecule has 3 aromatic heterocycles. The average molecular weight is 600 g/mol. The van der Waals surface area contributed by atoms with Crippen LogP contribution in [0.2, 0.25) is 0 Å². The number of halogens is 3. The molecule has 0 aliphatic heterocycles. The van der Waals surface area contributed by atoms with Crippen LogP contribution < -0.4 is 15.8 Å². The number of fused-ring (bicyclic) bond motifs is 1. The molecule has 2 atom stereocenters. The van der Waals surface area contributed by atoms with Gasteiger partial charge in [-0.2, -0.15) is 18.3 Å². The summed E-state index contributed by atoms with van der Waals surface area (Å²) >= 11 is 0. The van der Waals surface area contributed by atoms with Gasteiger partial charge in [0.25, 0.3) is 5.91 Å². The number of nitrogens with two attached hydrogens (primary N) is 1. The van der Waals surface area contributed by atoms with Gasteiger partial charge in [-0.05, 0) is 50.3 Å². The second-order valence-corrected chi connectivity index (χ2v) is 11.0. The van der Waals surface area contributed by atoms with E-state index in [1.165, 1.54) is 12.1 Å². The van der Waals surface area contributed by atoms with Gasteiger partial charge in [-0.25, -0.2) is 9.97 Å². The zero-order valence-electron chi connectivity index (χ0n) is 24.1. The summed E-state index contributed by atoms with van der Waals surface area (Å²) in [6, 6.07) is 5.36. The Morgan fingerprint density at radius 2 is 2.02 bits per heavy atom. The maximum atomic E-state index is 13.2. The quantitative estimate of drug-likeness (QED) is 0.245. The van der Waals surface area contributed by atoms with E-state index in [4.69, 9.17) is 15.5 Å². The van der Waals surface area contributed by atoms with Gasteiger partial charge in [0.05, 0.1) is 12.0 Å². The number of amides is 1. The van der Waals surface area contributed by atoms with Crippen molar-refractivity contribution in [3.05, 3.63) is 53.7 Å². The summed E-state index contributed by atoms with van der Waals surface area (Å²) in [5.74, 6) is -0.800. The summed E-state index contributed by atoms with van der Waals surface area (Å²) in [6.07, 6.45) is 0.230. The third kappa shape index (κ3) is 5.25. The zero-order chi connectivity index (χ0) is 31.3. The van der Waals surface area contributed by atoms with Crippen LogP contribution in [0.5, 0.6) is 5.75 Å². The van der Waals surface area contributed by atoms with Gasteiger partial charge in [0.1, 0.15) is 34.3 Å². The van der Waals surface area contributed by atoms with Crippen LogP contribution in [0.4, 0.5) is 24.8 Å². The van der Waals surface area contributed by atoms with Crippen LogP contribution >= 0.6 is 0 Å². The van der Waals surface area contributed by atoms with E-state index in [1.54, 1.807) is 25.4 Å². The number of hydrogen-bond acceptors (Lipinski definition) is 7. The molecule has 4 N–H and O–H groups in total. The van der Waals surface area contributed by atoms with Gasteiger partial charge in [0.15, 0.2) is 5.82 Å². The fourth-order valence-corrected chi connectivity index (χ4v) is 5.94. The first-order chi connectivity index (χ1) is 20.3. The fourth-order valence-electron chi connectivity index (χ4n) is 5.94. The normalized spacial score (nSPS) is 18.8. The Morgan fingerprint density at radius 1 is 1.28 bits per heavy atom. The number of hydrogen-bond donors (Lipinski definition) is 3. The van der Waals surface area contributed by atoms with Crippen molar-refractivity contribution in [2.24, 2.45) is 18.4 Å². The van der Waals surface area contributed by atoms with Crippen molar-refractivity contribution in [3.63, 3.8) is 0 Å². The number of carbonyl (C=O) groups excluding carboxylic acids is 1. The summed E-state index contributed by atoms with van der Waals surface area (Å²) in [4.78, 5) is 34.5. The van der Waals surface area contributed by atoms with Crippen LogP contribution in [-0.4, -0.2) is 47.7 Å². The molecule has 1 aliphatic carbocycles. The Kier molecular flexibility index (Phi) is 7.57. The van der Waals surface area contributed by atoms with Crippen molar-refractivity contribution in [2.75, 3.05) is 17.7 Å². The van der Waals surface area contributed by atoms with Gasteiger partial charge in [-0.15, -0.1) is 0 Å². The molecule has 1 fully saturated rings. The summed E-state index contributed by atoms with van der Waals surface area (Å²) in [6.45, 7) is 5.86. The number of rotatable bonds is 8. The molecule has 228 valence electrons. The number of nitrogens with one attached hydrogen (secondary N) is 1. The molecule has 11 nitrogen and oxygen atoms in total. The number of aliphatic carboxylic acids is 1. The lowest BCUT2D eigenvalue weighted by atomic mass is 9.75. The lowest BCUT2D eigenvalue weighted by Crippen LogP contribution is -2.33. The van der Waals surface area contributed by atoms with Crippen LogP contribution in [0.3, 0.4) is 0 Å². The molecular formula is C29H32F3N7O4. The van der Waals surface area contributed by atoms with Crippen molar-refractivity contribution in [3.8, 4) is 17.0 Å². The Morgan fingerprint density at radius 3 is 2.63 bits per heavy atom. The molecule has 4 aromatic rings. The highest BCUT2D eigenvalue weighted by Crippen LogP contribution is 2.51. The lowest BCUT2D eigenvalue weighted by Gasteiger charge is -2.28. The first-order valence-electron chi connectivity index (χ1n) is 13.8. The maximum Gasteiger partial charge on any atom is 0.433 e. The number of alkyl halides is 3. The average Bonchev–Trinajstić information content (AvgIpc) is 3.65. The number of aromatic nitrogens is 5. The number of anilines is 2. The van der Waals surface area contributed by atoms with Gasteiger partial charge < -0.3 is 20.9 Å². The van der Waals surface area contributed by atoms with Crippen LogP contribution in [0.1, 0.15) is 67.8 Å². The molecule has 1 amide bonds. The van der Waals surface area contributed by atoms with Gasteiger partial charge in [0.2, 0.25) is 0 Å². The molecule has 5 rings (SSSR count). The predicted octanol–water partition coefficient (Wildman–Crippen LogP) is 5.38. The largest absolute Gasteiger partial charge is 0.493 e. The summed E-state index contributed by atoms with van der Waals surface area (Å²) in [7, 11) is 1.14. The van der Waals surface area contributed by atoms with Crippen molar-refractivity contribution < 1.29 is 32.6 Å². The number of nitrogen functional groups attached to an aromatic ring is 1. The maximum absolute atomic E-state index is 13.2. The molecular weight excluding hydrogens is 567 g/mol. The SMILES string of the molecule is CCOc1cc(C(=O)Nc2cc(C(F)(F)F)n(C)n2)ccc1-c1nc([C@@H]2CC[C@](C(=O)O)(C(C)C)C2)n2ccnc(N)c12. The first kappa shape index (κ1) is 29.9. The van der Waals surface area contributed by atoms with Gasteiger partial charge in [0, 0.05) is 42.6 Å². The topological polar surface area (TPSA) is 150 Å². The number of carboxylic acid groups (broad SMARTS) is 1. The standard InChI is InChI=1S/C29H32F3N7O4/c1-5-43-19-12-16(26(40)35-21-13-20(29(30,31)32)38(4)37-21)6-7-18(19)22-23-24(33)34-10-11-39(23)25(36-22)17-8-9-28(14-17,15(2)3)27(41)42/h6-7,10-13,15,17H,5,8-9,14H2,1-4H3,(H2,33,34)(H,41,42)(H,35,37,40)/t17-,28-/m1/s1. The van der Waals surface area contributed by atoms with Crippen molar-refractivity contribution in [2.45, 2.75) is 52.1 Å². The molecule has 1 aromatic carbocycles.